The molecule has 0 radical (unpaired) electrons. The number of nitriles is 1. The van der Waals surface area contributed by atoms with Crippen LogP contribution in [0.25, 0.3) is 10.2 Å². The number of thiazole rings is 1. The van der Waals surface area contributed by atoms with Crippen molar-refractivity contribution in [2.75, 3.05) is 45.4 Å². The molecule has 0 saturated heterocycles. The van der Waals surface area contributed by atoms with Gasteiger partial charge in [0, 0.05) is 24.2 Å². The third-order valence-corrected chi connectivity index (χ3v) is 8.78. The first-order valence-corrected chi connectivity index (χ1v) is 15.2. The number of nitrogens with one attached hydrogen (secondary N) is 1. The molecule has 0 aliphatic rings. The van der Waals surface area contributed by atoms with Crippen LogP contribution >= 0.6 is 11.3 Å². The molecule has 1 atom stereocenters. The molecule has 10 nitrogen and oxygen atoms in total. The average Bonchev–Trinajstić information content (AvgIpc) is 3.36. The number of fused-ring (bicyclic) bond motifs is 1. The molecule has 1 amide bonds. The molecule has 1 N–H and O–H groups in total. The second-order valence-corrected chi connectivity index (χ2v) is 12.5. The predicted molar refractivity (Wildman–Crippen MR) is 158 cm³/mol. The third-order valence-electron chi connectivity index (χ3n) is 6.10. The molecule has 0 fully saturated rings. The number of amides is 1. The fourth-order valence-corrected chi connectivity index (χ4v) is 5.57. The number of likely N-dealkylation sites (N-methyl/N-ethyl adjacent to an activating group) is 1. The lowest BCUT2D eigenvalue weighted by molar-refractivity contribution is -0.123. The van der Waals surface area contributed by atoms with Crippen molar-refractivity contribution in [1.29, 1.82) is 5.26 Å². The van der Waals surface area contributed by atoms with Crippen molar-refractivity contribution in [2.45, 2.75) is 17.9 Å². The number of benzene rings is 3. The summed E-state index contributed by atoms with van der Waals surface area (Å²) in [4.78, 5) is 20.3. The summed E-state index contributed by atoms with van der Waals surface area (Å²) in [7, 11) is 2.06. The van der Waals surface area contributed by atoms with Crippen LogP contribution in [0.1, 0.15) is 24.2 Å². The molecule has 1 heterocycles. The Kier molecular flexibility index (Phi) is 9.44. The van der Waals surface area contributed by atoms with Crippen LogP contribution in [0, 0.1) is 11.3 Å². The lowest BCUT2D eigenvalue weighted by Gasteiger charge is -2.19. The minimum Gasteiger partial charge on any atom is -0.493 e. The highest BCUT2D eigenvalue weighted by Crippen LogP contribution is 2.37. The first-order chi connectivity index (χ1) is 19.6. The highest BCUT2D eigenvalue weighted by Gasteiger charge is 2.25. The van der Waals surface area contributed by atoms with Crippen LogP contribution in [0.5, 0.6) is 17.2 Å². The van der Waals surface area contributed by atoms with Crippen LogP contribution in [0.2, 0.25) is 0 Å². The van der Waals surface area contributed by atoms with Crippen LogP contribution < -0.4 is 19.5 Å². The van der Waals surface area contributed by atoms with E-state index >= 15 is 0 Å². The Bertz CT molecular complexity index is 1660. The Morgan fingerprint density at radius 1 is 1.10 bits per heavy atom. The van der Waals surface area contributed by atoms with Crippen LogP contribution in [-0.4, -0.2) is 64.3 Å². The summed E-state index contributed by atoms with van der Waals surface area (Å²) < 4.78 is 42.8. The molecule has 0 spiro atoms. The second kappa shape index (κ2) is 13.0. The van der Waals surface area contributed by atoms with Gasteiger partial charge in [0.25, 0.3) is 5.91 Å². The monoisotopic (exact) mass is 594 g/mol. The molecular weight excluding hydrogens is 564 g/mol. The molecule has 4 aromatic rings. The fraction of sp³-hybridized carbons (Fsp3) is 0.276. The summed E-state index contributed by atoms with van der Waals surface area (Å²) in [6.07, 6.45) is -1.13. The zero-order chi connectivity index (χ0) is 29.6. The van der Waals surface area contributed by atoms with Gasteiger partial charge in [-0.1, -0.05) is 30.4 Å². The van der Waals surface area contributed by atoms with Crippen molar-refractivity contribution in [2.24, 2.45) is 0 Å². The van der Waals surface area contributed by atoms with Gasteiger partial charge in [0.15, 0.2) is 26.5 Å². The third kappa shape index (κ3) is 7.32. The smallest absolute Gasteiger partial charge is 0.271 e. The minimum atomic E-state index is -3.41. The van der Waals surface area contributed by atoms with E-state index < -0.39 is 21.8 Å². The Balaban J connectivity index is 1.62. The second-order valence-electron chi connectivity index (χ2n) is 9.24. The molecule has 4 rings (SSSR count). The van der Waals surface area contributed by atoms with Gasteiger partial charge in [-0.05, 0) is 50.5 Å². The van der Waals surface area contributed by atoms with E-state index in [2.05, 4.69) is 10.3 Å². The normalized spacial score (nSPS) is 12.1. The van der Waals surface area contributed by atoms with E-state index in [1.54, 1.807) is 56.5 Å². The molecule has 0 aliphatic carbocycles. The molecule has 41 heavy (non-hydrogen) atoms. The van der Waals surface area contributed by atoms with Crippen LogP contribution in [0.3, 0.4) is 0 Å². The maximum Gasteiger partial charge on any atom is 0.271 e. The number of methoxy groups -OCH3 is 1. The Morgan fingerprint density at radius 2 is 1.80 bits per heavy atom. The standard InChI is InChI=1S/C29H30N4O6S2/c1-5-41(35,36)22-12-8-20(9-13-22)27(39-21-10-6-19(18-30)7-11-21)28(34)32-29-31-23-16-25(38-15-14-33(2)3)24(37-4)17-26(23)40-29/h6-13,16-17,27H,5,14-15H2,1-4H3,(H,31,32,34). The van der Waals surface area contributed by atoms with Gasteiger partial charge in [0.05, 0.1) is 39.6 Å². The summed E-state index contributed by atoms with van der Waals surface area (Å²) in [5, 5.41) is 12.3. The quantitative estimate of drug-likeness (QED) is 0.249. The summed E-state index contributed by atoms with van der Waals surface area (Å²) >= 11 is 1.27. The molecular formula is C29H30N4O6S2. The number of carbonyl (C=O) groups excluding carboxylic acids is 1. The van der Waals surface area contributed by atoms with Gasteiger partial charge in [-0.15, -0.1) is 0 Å². The summed E-state index contributed by atoms with van der Waals surface area (Å²) in [6.45, 7) is 2.76. The van der Waals surface area contributed by atoms with E-state index in [0.29, 0.717) is 45.6 Å². The zero-order valence-corrected chi connectivity index (χ0v) is 24.7. The minimum absolute atomic E-state index is 0.0389. The number of hydrogen-bond acceptors (Lipinski definition) is 10. The lowest BCUT2D eigenvalue weighted by Crippen LogP contribution is -2.25. The fourth-order valence-electron chi connectivity index (χ4n) is 3.80. The Morgan fingerprint density at radius 3 is 2.41 bits per heavy atom. The number of hydrogen-bond donors (Lipinski definition) is 1. The molecule has 1 aromatic heterocycles. The van der Waals surface area contributed by atoms with Crippen molar-refractivity contribution in [3.8, 4) is 23.3 Å². The van der Waals surface area contributed by atoms with E-state index in [4.69, 9.17) is 19.5 Å². The first kappa shape index (κ1) is 29.8. The number of nitrogens with zero attached hydrogens (tertiary/aromatic N) is 3. The number of aromatic nitrogens is 1. The summed E-state index contributed by atoms with van der Waals surface area (Å²) in [5.41, 5.74) is 1.52. The molecule has 12 heteroatoms. The number of ether oxygens (including phenoxy) is 3. The Labute approximate surface area is 243 Å². The largest absolute Gasteiger partial charge is 0.493 e. The molecule has 1 unspecified atom stereocenters. The molecule has 0 bridgehead atoms. The van der Waals surface area contributed by atoms with Crippen LogP contribution in [0.4, 0.5) is 5.13 Å². The number of carbonyl (C=O) groups is 1. The first-order valence-electron chi connectivity index (χ1n) is 12.7. The highest BCUT2D eigenvalue weighted by atomic mass is 32.2. The van der Waals surface area contributed by atoms with Crippen molar-refractivity contribution in [3.63, 3.8) is 0 Å². The number of anilines is 1. The molecule has 3 aromatic carbocycles. The van der Waals surface area contributed by atoms with E-state index in [1.165, 1.54) is 23.5 Å². The van der Waals surface area contributed by atoms with E-state index in [0.717, 1.165) is 11.2 Å². The molecule has 214 valence electrons. The topological polar surface area (TPSA) is 131 Å². The zero-order valence-electron chi connectivity index (χ0n) is 23.1. The van der Waals surface area contributed by atoms with Gasteiger partial charge in [-0.25, -0.2) is 13.4 Å². The van der Waals surface area contributed by atoms with Crippen molar-refractivity contribution < 1.29 is 27.4 Å². The van der Waals surface area contributed by atoms with Gasteiger partial charge in [-0.2, -0.15) is 5.26 Å². The Hall–Kier alpha value is -4.18. The van der Waals surface area contributed by atoms with Crippen LogP contribution in [0.15, 0.2) is 65.6 Å². The van der Waals surface area contributed by atoms with Gasteiger partial charge in [0.1, 0.15) is 12.4 Å². The number of sulfone groups is 1. The maximum absolute atomic E-state index is 13.6. The average molecular weight is 595 g/mol. The molecule has 0 saturated carbocycles. The van der Waals surface area contributed by atoms with Crippen LogP contribution in [-0.2, 0) is 14.6 Å². The lowest BCUT2D eigenvalue weighted by atomic mass is 10.1. The summed E-state index contributed by atoms with van der Waals surface area (Å²) in [5.74, 6) is 0.927. The van der Waals surface area contributed by atoms with Gasteiger partial charge < -0.3 is 19.1 Å². The molecule has 0 aliphatic heterocycles. The van der Waals surface area contributed by atoms with Crippen molar-refractivity contribution in [1.82, 2.24) is 9.88 Å². The van der Waals surface area contributed by atoms with E-state index in [1.807, 2.05) is 31.1 Å². The highest BCUT2D eigenvalue weighted by molar-refractivity contribution is 7.91. The van der Waals surface area contributed by atoms with Crippen molar-refractivity contribution >= 4 is 42.4 Å². The van der Waals surface area contributed by atoms with E-state index in [9.17, 15) is 13.2 Å². The van der Waals surface area contributed by atoms with Crippen molar-refractivity contribution in [3.05, 3.63) is 71.8 Å². The van der Waals surface area contributed by atoms with Gasteiger partial charge in [0.2, 0.25) is 6.10 Å². The predicted octanol–water partition coefficient (Wildman–Crippen LogP) is 4.67. The summed E-state index contributed by atoms with van der Waals surface area (Å²) in [6, 6.07) is 18.0. The number of rotatable bonds is 12. The van der Waals surface area contributed by atoms with E-state index in [-0.39, 0.29) is 10.6 Å². The van der Waals surface area contributed by atoms with Gasteiger partial charge in [-0.3, -0.25) is 10.1 Å². The van der Waals surface area contributed by atoms with Gasteiger partial charge >= 0.3 is 0 Å². The SMILES string of the molecule is CCS(=O)(=O)c1ccc(C(Oc2ccc(C#N)cc2)C(=O)Nc2nc3cc(OCCN(C)C)c(OC)cc3s2)cc1. The maximum atomic E-state index is 13.6.